The average Bonchev–Trinajstić information content (AvgIpc) is 2.98. The molecule has 0 radical (unpaired) electrons. The molecule has 1 amide bonds. The van der Waals surface area contributed by atoms with Crippen molar-refractivity contribution in [3.8, 4) is 0 Å². The molecule has 4 heteroatoms. The molecule has 2 heterocycles. The first-order valence-electron chi connectivity index (χ1n) is 7.55. The van der Waals surface area contributed by atoms with Crippen LogP contribution in [0.3, 0.4) is 0 Å². The maximum absolute atomic E-state index is 12.6. The molecule has 1 aliphatic carbocycles. The zero-order chi connectivity index (χ0) is 13.6. The molecule has 0 aromatic carbocycles. The third-order valence-electron chi connectivity index (χ3n) is 5.41. The minimum Gasteiger partial charge on any atom is -0.339 e. The van der Waals surface area contributed by atoms with E-state index >= 15 is 0 Å². The summed E-state index contributed by atoms with van der Waals surface area (Å²) in [5.74, 6) is 1.58. The second kappa shape index (κ2) is 4.89. The fourth-order valence-corrected chi connectivity index (χ4v) is 4.21. The number of rotatable bonds is 2. The fraction of sp³-hybridized carbons (Fsp3) is 0.867. The Hall–Kier alpha value is -0.900. The minimum atomic E-state index is 0.228. The Morgan fingerprint density at radius 3 is 2.32 bits per heavy atom. The number of piperidine rings is 2. The summed E-state index contributed by atoms with van der Waals surface area (Å²) in [6.07, 6.45) is 3.97. The molecule has 2 saturated heterocycles. The van der Waals surface area contributed by atoms with Crippen LogP contribution < -0.4 is 0 Å². The number of amides is 1. The molecular weight excluding hydrogens is 240 g/mol. The number of hydrogen-bond acceptors (Lipinski definition) is 3. The summed E-state index contributed by atoms with van der Waals surface area (Å²) < 4.78 is 0. The third kappa shape index (κ3) is 2.31. The molecule has 0 aromatic rings. The van der Waals surface area contributed by atoms with Crippen LogP contribution in [-0.4, -0.2) is 54.2 Å². The zero-order valence-electron chi connectivity index (χ0n) is 12.0. The van der Waals surface area contributed by atoms with Crippen LogP contribution in [-0.2, 0) is 9.59 Å². The lowest BCUT2D eigenvalue weighted by molar-refractivity contribution is -0.140. The van der Waals surface area contributed by atoms with E-state index in [9.17, 15) is 9.59 Å². The van der Waals surface area contributed by atoms with Gasteiger partial charge in [-0.1, -0.05) is 0 Å². The Bertz CT molecular complexity index is 388. The van der Waals surface area contributed by atoms with E-state index in [-0.39, 0.29) is 11.8 Å². The van der Waals surface area contributed by atoms with Gasteiger partial charge in [0.25, 0.3) is 0 Å². The standard InChI is InChI=1S/C15H24N2O2/c1-10(18)14-8-13-7-12(14)9-17(13)15(19)11-3-5-16(2)6-4-11/h11-14H,3-9H2,1-2H3. The number of carbonyl (C=O) groups is 2. The molecular formula is C15H24N2O2. The molecule has 3 atom stereocenters. The molecule has 2 bridgehead atoms. The smallest absolute Gasteiger partial charge is 0.226 e. The van der Waals surface area contributed by atoms with Crippen molar-refractivity contribution in [2.45, 2.75) is 38.6 Å². The van der Waals surface area contributed by atoms with Gasteiger partial charge < -0.3 is 9.80 Å². The molecule has 1 saturated carbocycles. The quantitative estimate of drug-likeness (QED) is 0.751. The number of hydrogen-bond donors (Lipinski definition) is 0. The van der Waals surface area contributed by atoms with Gasteiger partial charge in [0.1, 0.15) is 5.78 Å². The van der Waals surface area contributed by atoms with E-state index in [0.29, 0.717) is 23.7 Å². The first-order valence-corrected chi connectivity index (χ1v) is 7.55. The van der Waals surface area contributed by atoms with E-state index < -0.39 is 0 Å². The molecule has 3 aliphatic rings. The van der Waals surface area contributed by atoms with Gasteiger partial charge in [0, 0.05) is 24.4 Å². The van der Waals surface area contributed by atoms with Gasteiger partial charge in [-0.25, -0.2) is 0 Å². The molecule has 19 heavy (non-hydrogen) atoms. The third-order valence-corrected chi connectivity index (χ3v) is 5.41. The number of likely N-dealkylation sites (tertiary alicyclic amines) is 2. The second-order valence-corrected chi connectivity index (χ2v) is 6.67. The number of ketones is 1. The molecule has 3 unspecified atom stereocenters. The van der Waals surface area contributed by atoms with E-state index in [1.165, 1.54) is 0 Å². The zero-order valence-corrected chi connectivity index (χ0v) is 12.0. The van der Waals surface area contributed by atoms with Crippen molar-refractivity contribution in [2.75, 3.05) is 26.7 Å². The Morgan fingerprint density at radius 2 is 1.79 bits per heavy atom. The van der Waals surface area contributed by atoms with E-state index in [1.54, 1.807) is 6.92 Å². The highest BCUT2D eigenvalue weighted by molar-refractivity contribution is 5.82. The summed E-state index contributed by atoms with van der Waals surface area (Å²) in [6.45, 7) is 4.61. The first-order chi connectivity index (χ1) is 9.06. The highest BCUT2D eigenvalue weighted by atomic mass is 16.2. The highest BCUT2D eigenvalue weighted by Gasteiger charge is 2.48. The van der Waals surface area contributed by atoms with E-state index in [0.717, 1.165) is 45.3 Å². The van der Waals surface area contributed by atoms with Gasteiger partial charge in [-0.2, -0.15) is 0 Å². The lowest BCUT2D eigenvalue weighted by atomic mass is 9.89. The lowest BCUT2D eigenvalue weighted by Gasteiger charge is -2.36. The van der Waals surface area contributed by atoms with Crippen LogP contribution in [0.15, 0.2) is 0 Å². The van der Waals surface area contributed by atoms with Crippen LogP contribution in [0, 0.1) is 17.8 Å². The van der Waals surface area contributed by atoms with Crippen LogP contribution in [0.25, 0.3) is 0 Å². The monoisotopic (exact) mass is 264 g/mol. The summed E-state index contributed by atoms with van der Waals surface area (Å²) in [6, 6.07) is 0.353. The molecule has 0 aromatic heterocycles. The summed E-state index contributed by atoms with van der Waals surface area (Å²) in [7, 11) is 2.12. The van der Waals surface area contributed by atoms with Gasteiger partial charge in [0.05, 0.1) is 0 Å². The maximum atomic E-state index is 12.6. The Labute approximate surface area is 115 Å². The molecule has 2 aliphatic heterocycles. The van der Waals surface area contributed by atoms with Crippen molar-refractivity contribution in [2.24, 2.45) is 17.8 Å². The van der Waals surface area contributed by atoms with Gasteiger partial charge in [0.15, 0.2) is 0 Å². The van der Waals surface area contributed by atoms with Gasteiger partial charge in [-0.3, -0.25) is 9.59 Å². The van der Waals surface area contributed by atoms with Crippen LogP contribution in [0.1, 0.15) is 32.6 Å². The summed E-state index contributed by atoms with van der Waals surface area (Å²) in [5, 5.41) is 0. The molecule has 0 spiro atoms. The number of carbonyl (C=O) groups excluding carboxylic acids is 2. The maximum Gasteiger partial charge on any atom is 0.226 e. The molecule has 0 N–H and O–H groups in total. The Kier molecular flexibility index (Phi) is 3.37. The van der Waals surface area contributed by atoms with Crippen molar-refractivity contribution in [3.63, 3.8) is 0 Å². The normalized spacial score (nSPS) is 35.9. The van der Waals surface area contributed by atoms with Gasteiger partial charge >= 0.3 is 0 Å². The minimum absolute atomic E-state index is 0.228. The van der Waals surface area contributed by atoms with E-state index in [4.69, 9.17) is 0 Å². The molecule has 3 fully saturated rings. The van der Waals surface area contributed by atoms with E-state index in [2.05, 4.69) is 16.8 Å². The number of fused-ring (bicyclic) bond motifs is 2. The van der Waals surface area contributed by atoms with Crippen molar-refractivity contribution < 1.29 is 9.59 Å². The Morgan fingerprint density at radius 1 is 1.11 bits per heavy atom. The van der Waals surface area contributed by atoms with Crippen molar-refractivity contribution in [3.05, 3.63) is 0 Å². The van der Waals surface area contributed by atoms with E-state index in [1.807, 2.05) is 0 Å². The first kappa shape index (κ1) is 13.1. The number of nitrogens with zero attached hydrogens (tertiary/aromatic N) is 2. The van der Waals surface area contributed by atoms with Crippen LogP contribution in [0.2, 0.25) is 0 Å². The topological polar surface area (TPSA) is 40.6 Å². The fourth-order valence-electron chi connectivity index (χ4n) is 4.21. The van der Waals surface area contributed by atoms with Gasteiger partial charge in [0.2, 0.25) is 5.91 Å². The lowest BCUT2D eigenvalue weighted by Crippen LogP contribution is -2.46. The van der Waals surface area contributed by atoms with Crippen molar-refractivity contribution in [1.82, 2.24) is 9.80 Å². The molecule has 106 valence electrons. The van der Waals surface area contributed by atoms with Gasteiger partial charge in [-0.05, 0) is 58.7 Å². The second-order valence-electron chi connectivity index (χ2n) is 6.67. The SMILES string of the molecule is CC(=O)C1CC2CC1CN2C(=O)C1CCN(C)CC1. The highest BCUT2D eigenvalue weighted by Crippen LogP contribution is 2.43. The Balaban J connectivity index is 1.60. The van der Waals surface area contributed by atoms with Crippen molar-refractivity contribution in [1.29, 1.82) is 0 Å². The molecule has 3 rings (SSSR count). The average molecular weight is 264 g/mol. The predicted molar refractivity (Wildman–Crippen MR) is 72.6 cm³/mol. The van der Waals surface area contributed by atoms with Crippen LogP contribution >= 0.6 is 0 Å². The summed E-state index contributed by atoms with van der Waals surface area (Å²) >= 11 is 0. The van der Waals surface area contributed by atoms with Crippen molar-refractivity contribution >= 4 is 11.7 Å². The number of Topliss-reactive ketones (excluding diaryl/α,β-unsaturated/α-hetero) is 1. The van der Waals surface area contributed by atoms with Crippen LogP contribution in [0.5, 0.6) is 0 Å². The largest absolute Gasteiger partial charge is 0.339 e. The summed E-state index contributed by atoms with van der Waals surface area (Å²) in [5.41, 5.74) is 0. The predicted octanol–water partition coefficient (Wildman–Crippen LogP) is 1.15. The van der Waals surface area contributed by atoms with Crippen LogP contribution in [0.4, 0.5) is 0 Å². The summed E-state index contributed by atoms with van der Waals surface area (Å²) in [4.78, 5) is 28.5. The van der Waals surface area contributed by atoms with Gasteiger partial charge in [-0.15, -0.1) is 0 Å². The molecule has 4 nitrogen and oxygen atoms in total.